The van der Waals surface area contributed by atoms with Gasteiger partial charge in [0.25, 0.3) is 0 Å². The topological polar surface area (TPSA) is 24.5 Å². The lowest BCUT2D eigenvalue weighted by Gasteiger charge is -2.41. The molecule has 0 saturated carbocycles. The molecule has 0 bridgehead atoms. The Hall–Kier alpha value is -1.06. The van der Waals surface area contributed by atoms with Crippen molar-refractivity contribution < 1.29 is 4.74 Å². The van der Waals surface area contributed by atoms with Gasteiger partial charge in [-0.15, -0.1) is 0 Å². The van der Waals surface area contributed by atoms with Gasteiger partial charge in [-0.1, -0.05) is 12.1 Å². The first kappa shape index (κ1) is 15.3. The van der Waals surface area contributed by atoms with E-state index in [0.29, 0.717) is 0 Å². The molecule has 1 saturated heterocycles. The second kappa shape index (κ2) is 6.15. The number of nitrogens with one attached hydrogen (secondary N) is 1. The van der Waals surface area contributed by atoms with Crippen LogP contribution < -0.4 is 10.1 Å². The molecule has 0 atom stereocenters. The highest BCUT2D eigenvalue weighted by atomic mass is 16.5. The van der Waals surface area contributed by atoms with Crippen molar-refractivity contribution in [3.8, 4) is 5.75 Å². The summed E-state index contributed by atoms with van der Waals surface area (Å²) < 4.78 is 5.83. The lowest BCUT2D eigenvalue weighted by molar-refractivity contribution is 0.102. The SMILES string of the molecule is Cc1cc(C(C)(C)N2CCNCC2)ccc1OC(C)C. The zero-order valence-electron chi connectivity index (χ0n) is 13.5. The molecule has 20 heavy (non-hydrogen) atoms. The molecule has 1 N–H and O–H groups in total. The van der Waals surface area contributed by atoms with Crippen molar-refractivity contribution >= 4 is 0 Å². The number of aryl methyl sites for hydroxylation is 1. The molecule has 1 heterocycles. The van der Waals surface area contributed by atoms with Crippen molar-refractivity contribution in [1.82, 2.24) is 10.2 Å². The van der Waals surface area contributed by atoms with E-state index in [9.17, 15) is 0 Å². The summed E-state index contributed by atoms with van der Waals surface area (Å²) >= 11 is 0. The Morgan fingerprint density at radius 1 is 1.20 bits per heavy atom. The molecule has 1 aromatic rings. The summed E-state index contributed by atoms with van der Waals surface area (Å²) in [6.07, 6.45) is 0.223. The van der Waals surface area contributed by atoms with Crippen molar-refractivity contribution in [2.24, 2.45) is 0 Å². The van der Waals surface area contributed by atoms with Crippen molar-refractivity contribution in [2.45, 2.75) is 46.3 Å². The van der Waals surface area contributed by atoms with Gasteiger partial charge in [0.2, 0.25) is 0 Å². The van der Waals surface area contributed by atoms with Crippen LogP contribution in [0.1, 0.15) is 38.8 Å². The fourth-order valence-corrected chi connectivity index (χ4v) is 2.82. The van der Waals surface area contributed by atoms with E-state index in [1.807, 2.05) is 0 Å². The van der Waals surface area contributed by atoms with Gasteiger partial charge in [-0.25, -0.2) is 0 Å². The Morgan fingerprint density at radius 3 is 2.40 bits per heavy atom. The van der Waals surface area contributed by atoms with Gasteiger partial charge in [0.1, 0.15) is 5.75 Å². The summed E-state index contributed by atoms with van der Waals surface area (Å²) in [5, 5.41) is 3.42. The summed E-state index contributed by atoms with van der Waals surface area (Å²) in [4.78, 5) is 2.56. The van der Waals surface area contributed by atoms with Crippen LogP contribution in [0.15, 0.2) is 18.2 Å². The van der Waals surface area contributed by atoms with Gasteiger partial charge in [-0.2, -0.15) is 0 Å². The Bertz CT molecular complexity index is 448. The molecular weight excluding hydrogens is 248 g/mol. The standard InChI is InChI=1S/C17H28N2O/c1-13(2)20-16-7-6-15(12-14(16)3)17(4,5)19-10-8-18-9-11-19/h6-7,12-13,18H,8-11H2,1-5H3. The van der Waals surface area contributed by atoms with Crippen molar-refractivity contribution in [2.75, 3.05) is 26.2 Å². The quantitative estimate of drug-likeness (QED) is 0.915. The van der Waals surface area contributed by atoms with Gasteiger partial charge in [0.15, 0.2) is 0 Å². The van der Waals surface area contributed by atoms with E-state index in [1.165, 1.54) is 11.1 Å². The van der Waals surface area contributed by atoms with Gasteiger partial charge in [-0.3, -0.25) is 4.90 Å². The van der Waals surface area contributed by atoms with Gasteiger partial charge < -0.3 is 10.1 Å². The normalized spacial score (nSPS) is 17.5. The molecule has 0 unspecified atom stereocenters. The highest BCUT2D eigenvalue weighted by Crippen LogP contribution is 2.31. The minimum absolute atomic E-state index is 0.0726. The van der Waals surface area contributed by atoms with Crippen molar-refractivity contribution in [3.05, 3.63) is 29.3 Å². The number of piperazine rings is 1. The number of rotatable bonds is 4. The van der Waals surface area contributed by atoms with Crippen LogP contribution in [0.25, 0.3) is 0 Å². The second-order valence-corrected chi connectivity index (χ2v) is 6.44. The first-order valence-electron chi connectivity index (χ1n) is 7.65. The van der Waals surface area contributed by atoms with Crippen LogP contribution >= 0.6 is 0 Å². The zero-order valence-corrected chi connectivity index (χ0v) is 13.5. The molecule has 2 rings (SSSR count). The number of hydrogen-bond donors (Lipinski definition) is 1. The monoisotopic (exact) mass is 276 g/mol. The lowest BCUT2D eigenvalue weighted by atomic mass is 9.90. The van der Waals surface area contributed by atoms with E-state index in [-0.39, 0.29) is 11.6 Å². The van der Waals surface area contributed by atoms with Crippen LogP contribution in [-0.2, 0) is 5.54 Å². The molecule has 0 radical (unpaired) electrons. The smallest absolute Gasteiger partial charge is 0.122 e. The average molecular weight is 276 g/mol. The molecular formula is C17H28N2O. The van der Waals surface area contributed by atoms with Crippen LogP contribution in [0.3, 0.4) is 0 Å². The molecule has 1 fully saturated rings. The largest absolute Gasteiger partial charge is 0.491 e. The van der Waals surface area contributed by atoms with Crippen molar-refractivity contribution in [3.63, 3.8) is 0 Å². The van der Waals surface area contributed by atoms with Crippen molar-refractivity contribution in [1.29, 1.82) is 0 Å². The maximum absolute atomic E-state index is 5.83. The molecule has 0 aromatic heterocycles. The lowest BCUT2D eigenvalue weighted by Crippen LogP contribution is -2.51. The van der Waals surface area contributed by atoms with Crippen LogP contribution in [0.5, 0.6) is 5.75 Å². The van der Waals surface area contributed by atoms with E-state index in [2.05, 4.69) is 63.0 Å². The van der Waals surface area contributed by atoms with E-state index in [0.717, 1.165) is 31.9 Å². The first-order valence-corrected chi connectivity index (χ1v) is 7.65. The zero-order chi connectivity index (χ0) is 14.8. The predicted molar refractivity (Wildman–Crippen MR) is 84.4 cm³/mol. The molecule has 3 nitrogen and oxygen atoms in total. The summed E-state index contributed by atoms with van der Waals surface area (Å²) in [5.41, 5.74) is 2.66. The summed E-state index contributed by atoms with van der Waals surface area (Å²) in [6, 6.07) is 6.61. The van der Waals surface area contributed by atoms with Crippen LogP contribution in [0, 0.1) is 6.92 Å². The van der Waals surface area contributed by atoms with E-state index < -0.39 is 0 Å². The fraction of sp³-hybridized carbons (Fsp3) is 0.647. The summed E-state index contributed by atoms with van der Waals surface area (Å²) in [5.74, 6) is 1.000. The molecule has 0 amide bonds. The van der Waals surface area contributed by atoms with Gasteiger partial charge >= 0.3 is 0 Å². The van der Waals surface area contributed by atoms with Crippen LogP contribution in [-0.4, -0.2) is 37.2 Å². The Morgan fingerprint density at radius 2 is 1.85 bits per heavy atom. The maximum atomic E-state index is 5.83. The first-order chi connectivity index (χ1) is 9.41. The van der Waals surface area contributed by atoms with Gasteiger partial charge in [0, 0.05) is 31.7 Å². The Balaban J connectivity index is 2.21. The Labute approximate surface area is 123 Å². The molecule has 1 aliphatic heterocycles. The predicted octanol–water partition coefficient (Wildman–Crippen LogP) is 2.92. The minimum atomic E-state index is 0.0726. The second-order valence-electron chi connectivity index (χ2n) is 6.44. The van der Waals surface area contributed by atoms with E-state index >= 15 is 0 Å². The number of hydrogen-bond acceptors (Lipinski definition) is 3. The molecule has 1 aromatic carbocycles. The molecule has 1 aliphatic rings. The summed E-state index contributed by atoms with van der Waals surface area (Å²) in [7, 11) is 0. The third-order valence-corrected chi connectivity index (χ3v) is 4.15. The van der Waals surface area contributed by atoms with Gasteiger partial charge in [0.05, 0.1) is 6.10 Å². The highest BCUT2D eigenvalue weighted by Gasteiger charge is 2.29. The summed E-state index contributed by atoms with van der Waals surface area (Å²) in [6.45, 7) is 15.3. The average Bonchev–Trinajstić information content (AvgIpc) is 2.41. The molecule has 0 spiro atoms. The highest BCUT2D eigenvalue weighted by molar-refractivity contribution is 5.39. The number of ether oxygens (including phenoxy) is 1. The fourth-order valence-electron chi connectivity index (χ4n) is 2.82. The van der Waals surface area contributed by atoms with Crippen LogP contribution in [0.2, 0.25) is 0 Å². The van der Waals surface area contributed by atoms with E-state index in [4.69, 9.17) is 4.74 Å². The van der Waals surface area contributed by atoms with Crippen LogP contribution in [0.4, 0.5) is 0 Å². The third-order valence-electron chi connectivity index (χ3n) is 4.15. The number of benzene rings is 1. The Kier molecular flexibility index (Phi) is 4.71. The maximum Gasteiger partial charge on any atom is 0.122 e. The van der Waals surface area contributed by atoms with E-state index in [1.54, 1.807) is 0 Å². The number of nitrogens with zero attached hydrogens (tertiary/aromatic N) is 1. The van der Waals surface area contributed by atoms with Gasteiger partial charge in [-0.05, 0) is 51.8 Å². The molecule has 3 heteroatoms. The molecule has 0 aliphatic carbocycles. The minimum Gasteiger partial charge on any atom is -0.491 e. The third kappa shape index (κ3) is 3.33. The molecule has 112 valence electrons.